The molecule has 0 unspecified atom stereocenters. The van der Waals surface area contributed by atoms with Crippen LogP contribution in [0.15, 0.2) is 72.8 Å². The van der Waals surface area contributed by atoms with Crippen LogP contribution < -0.4 is 10.6 Å². The second-order valence-corrected chi connectivity index (χ2v) is 10.4. The molecule has 2 N–H and O–H groups in total. The van der Waals surface area contributed by atoms with Crippen molar-refractivity contribution >= 4 is 35.0 Å². The Kier molecular flexibility index (Phi) is 8.54. The summed E-state index contributed by atoms with van der Waals surface area (Å²) in [6.07, 6.45) is 6.35. The number of benzene rings is 3. The average molecular weight is 539 g/mol. The van der Waals surface area contributed by atoms with Crippen LogP contribution in [0.25, 0.3) is 0 Å². The van der Waals surface area contributed by atoms with Crippen molar-refractivity contribution in [2.24, 2.45) is 0 Å². The maximum absolute atomic E-state index is 12.9. The van der Waals surface area contributed by atoms with E-state index >= 15 is 0 Å². The van der Waals surface area contributed by atoms with Gasteiger partial charge in [0.25, 0.3) is 23.6 Å². The molecule has 2 aliphatic heterocycles. The third-order valence-electron chi connectivity index (χ3n) is 7.43. The first-order chi connectivity index (χ1) is 19.5. The molecule has 2 fully saturated rings. The summed E-state index contributed by atoms with van der Waals surface area (Å²) in [6, 6.07) is 20.3. The molecule has 8 heteroatoms. The van der Waals surface area contributed by atoms with E-state index in [1.807, 2.05) is 9.80 Å². The zero-order chi connectivity index (χ0) is 27.9. The highest BCUT2D eigenvalue weighted by molar-refractivity contribution is 6.08. The second-order valence-electron chi connectivity index (χ2n) is 10.4. The van der Waals surface area contributed by atoms with E-state index < -0.39 is 0 Å². The van der Waals surface area contributed by atoms with E-state index in [2.05, 4.69) is 10.6 Å². The number of rotatable bonds is 6. The van der Waals surface area contributed by atoms with Crippen molar-refractivity contribution in [1.29, 1.82) is 0 Å². The van der Waals surface area contributed by atoms with Gasteiger partial charge in [0.15, 0.2) is 0 Å². The first-order valence-electron chi connectivity index (χ1n) is 14.0. The molecule has 0 bridgehead atoms. The van der Waals surface area contributed by atoms with E-state index in [-0.39, 0.29) is 23.6 Å². The highest BCUT2D eigenvalue weighted by Gasteiger charge is 2.20. The van der Waals surface area contributed by atoms with Crippen molar-refractivity contribution < 1.29 is 19.2 Å². The number of carbonyl (C=O) groups excluding carboxylic acids is 4. The Balaban J connectivity index is 1.19. The van der Waals surface area contributed by atoms with Gasteiger partial charge in [0, 0.05) is 59.8 Å². The average Bonchev–Trinajstić information content (AvgIpc) is 3.01. The largest absolute Gasteiger partial charge is 0.339 e. The van der Waals surface area contributed by atoms with Gasteiger partial charge in [-0.25, -0.2) is 0 Å². The van der Waals surface area contributed by atoms with Gasteiger partial charge in [-0.05, 0) is 99.2 Å². The molecule has 0 atom stereocenters. The van der Waals surface area contributed by atoms with E-state index in [0.717, 1.165) is 64.7 Å². The fourth-order valence-electron chi connectivity index (χ4n) is 5.20. The maximum Gasteiger partial charge on any atom is 0.255 e. The molecule has 2 aliphatic rings. The van der Waals surface area contributed by atoms with Gasteiger partial charge in [0.05, 0.1) is 0 Å². The minimum atomic E-state index is -0.335. The van der Waals surface area contributed by atoms with Gasteiger partial charge in [-0.2, -0.15) is 0 Å². The molecule has 206 valence electrons. The molecule has 2 saturated heterocycles. The molecule has 5 rings (SSSR count). The quantitative estimate of drug-likeness (QED) is 0.436. The Morgan fingerprint density at radius 3 is 1.23 bits per heavy atom. The zero-order valence-corrected chi connectivity index (χ0v) is 22.5. The summed E-state index contributed by atoms with van der Waals surface area (Å²) in [7, 11) is 0. The molecule has 0 aromatic heterocycles. The van der Waals surface area contributed by atoms with Crippen molar-refractivity contribution in [2.45, 2.75) is 38.5 Å². The molecule has 40 heavy (non-hydrogen) atoms. The number of anilines is 2. The molecule has 2 heterocycles. The van der Waals surface area contributed by atoms with Gasteiger partial charge in [-0.3, -0.25) is 19.2 Å². The van der Waals surface area contributed by atoms with Gasteiger partial charge >= 0.3 is 0 Å². The van der Waals surface area contributed by atoms with E-state index in [4.69, 9.17) is 0 Å². The van der Waals surface area contributed by atoms with Crippen LogP contribution in [0.1, 0.15) is 80.0 Å². The fraction of sp³-hybridized carbons (Fsp3) is 0.312. The molecule has 4 amide bonds. The first-order valence-corrected chi connectivity index (χ1v) is 14.0. The number of nitrogens with zero attached hydrogens (tertiary/aromatic N) is 2. The third kappa shape index (κ3) is 6.57. The van der Waals surface area contributed by atoms with Crippen LogP contribution in [-0.4, -0.2) is 59.6 Å². The molecule has 0 saturated carbocycles. The van der Waals surface area contributed by atoms with Crippen LogP contribution in [0, 0.1) is 0 Å². The van der Waals surface area contributed by atoms with Crippen LogP contribution in [0.4, 0.5) is 11.4 Å². The van der Waals surface area contributed by atoms with Crippen molar-refractivity contribution in [3.8, 4) is 0 Å². The first kappa shape index (κ1) is 27.1. The topological polar surface area (TPSA) is 98.8 Å². The maximum atomic E-state index is 12.9. The van der Waals surface area contributed by atoms with Crippen LogP contribution in [-0.2, 0) is 0 Å². The number of hydrogen-bond donors (Lipinski definition) is 2. The summed E-state index contributed by atoms with van der Waals surface area (Å²) < 4.78 is 0. The number of amides is 4. The minimum Gasteiger partial charge on any atom is -0.339 e. The van der Waals surface area contributed by atoms with E-state index in [9.17, 15) is 19.2 Å². The van der Waals surface area contributed by atoms with Gasteiger partial charge in [0.1, 0.15) is 0 Å². The van der Waals surface area contributed by atoms with Crippen LogP contribution in [0.5, 0.6) is 0 Å². The number of hydrogen-bond acceptors (Lipinski definition) is 4. The summed E-state index contributed by atoms with van der Waals surface area (Å²) >= 11 is 0. The Morgan fingerprint density at radius 1 is 0.475 bits per heavy atom. The molecule has 0 aliphatic carbocycles. The Bertz CT molecular complexity index is 1280. The van der Waals surface area contributed by atoms with Gasteiger partial charge < -0.3 is 20.4 Å². The summed E-state index contributed by atoms with van der Waals surface area (Å²) in [5.41, 5.74) is 2.95. The van der Waals surface area contributed by atoms with Crippen molar-refractivity contribution in [3.63, 3.8) is 0 Å². The lowest BCUT2D eigenvalue weighted by atomic mass is 10.1. The number of piperidine rings is 2. The zero-order valence-electron chi connectivity index (χ0n) is 22.5. The van der Waals surface area contributed by atoms with E-state index in [1.54, 1.807) is 72.8 Å². The van der Waals surface area contributed by atoms with Gasteiger partial charge in [-0.15, -0.1) is 0 Å². The Labute approximate surface area is 234 Å². The summed E-state index contributed by atoms with van der Waals surface area (Å²) in [6.45, 7) is 3.05. The van der Waals surface area contributed by atoms with Crippen molar-refractivity contribution in [2.75, 3.05) is 36.8 Å². The minimum absolute atomic E-state index is 0.0208. The fourth-order valence-corrected chi connectivity index (χ4v) is 5.20. The van der Waals surface area contributed by atoms with E-state index in [0.29, 0.717) is 33.6 Å². The highest BCUT2D eigenvalue weighted by atomic mass is 16.2. The molecule has 0 spiro atoms. The van der Waals surface area contributed by atoms with Crippen LogP contribution in [0.2, 0.25) is 0 Å². The van der Waals surface area contributed by atoms with Crippen LogP contribution in [0.3, 0.4) is 0 Å². The molecular weight excluding hydrogens is 504 g/mol. The summed E-state index contributed by atoms with van der Waals surface area (Å²) in [4.78, 5) is 55.1. The molecule has 3 aromatic carbocycles. The third-order valence-corrected chi connectivity index (χ3v) is 7.43. The molecule has 3 aromatic rings. The van der Waals surface area contributed by atoms with Crippen molar-refractivity contribution in [3.05, 3.63) is 95.1 Å². The molecule has 8 nitrogen and oxygen atoms in total. The normalized spacial score (nSPS) is 15.3. The Morgan fingerprint density at radius 2 is 0.850 bits per heavy atom. The Hall–Kier alpha value is -4.46. The SMILES string of the molecule is O=C(Nc1cccc(C(=O)N2CCCCC2)c1)c1ccc(C(=O)Nc2cccc(C(=O)N3CCCCC3)c2)cc1. The van der Waals surface area contributed by atoms with Crippen molar-refractivity contribution in [1.82, 2.24) is 9.80 Å². The van der Waals surface area contributed by atoms with Crippen LogP contribution >= 0.6 is 0 Å². The second kappa shape index (κ2) is 12.6. The monoisotopic (exact) mass is 538 g/mol. The predicted molar refractivity (Wildman–Crippen MR) is 155 cm³/mol. The lowest BCUT2D eigenvalue weighted by Gasteiger charge is -2.26. The smallest absolute Gasteiger partial charge is 0.255 e. The molecular formula is C32H34N4O4. The highest BCUT2D eigenvalue weighted by Crippen LogP contribution is 2.19. The van der Waals surface area contributed by atoms with E-state index in [1.165, 1.54) is 0 Å². The number of nitrogens with one attached hydrogen (secondary N) is 2. The standard InChI is InChI=1S/C32H34N4O4/c37-29(33-27-11-7-9-25(21-27)31(39)35-17-3-1-4-18-35)23-13-15-24(16-14-23)30(38)34-28-12-8-10-26(22-28)32(40)36-19-5-2-6-20-36/h7-16,21-22H,1-6,17-20H2,(H,33,37)(H,34,38). The van der Waals surface area contributed by atoms with Gasteiger partial charge in [0.2, 0.25) is 0 Å². The molecule has 0 radical (unpaired) electrons. The number of likely N-dealkylation sites (tertiary alicyclic amines) is 2. The lowest BCUT2D eigenvalue weighted by Crippen LogP contribution is -2.35. The number of carbonyl (C=O) groups is 4. The summed E-state index contributed by atoms with van der Waals surface area (Å²) in [5.74, 6) is -0.711. The summed E-state index contributed by atoms with van der Waals surface area (Å²) in [5, 5.41) is 5.69. The lowest BCUT2D eigenvalue weighted by molar-refractivity contribution is 0.0717. The predicted octanol–water partition coefficient (Wildman–Crippen LogP) is 5.44. The van der Waals surface area contributed by atoms with Gasteiger partial charge in [-0.1, -0.05) is 12.1 Å².